The molecule has 1 amide bonds. The lowest BCUT2D eigenvalue weighted by atomic mass is 9.85. The Labute approximate surface area is 90.7 Å². The molecule has 2 heteroatoms. The van der Waals surface area contributed by atoms with Gasteiger partial charge in [-0.05, 0) is 24.0 Å². The molecule has 0 bridgehead atoms. The van der Waals surface area contributed by atoms with E-state index in [-0.39, 0.29) is 11.8 Å². The normalized spacial score (nSPS) is 20.9. The predicted molar refractivity (Wildman–Crippen MR) is 61.9 cm³/mol. The first kappa shape index (κ1) is 10.2. The van der Waals surface area contributed by atoms with E-state index in [9.17, 15) is 4.79 Å². The maximum atomic E-state index is 11.8. The Kier molecular flexibility index (Phi) is 2.76. The number of rotatable bonds is 3. The molecule has 80 valence electrons. The molecule has 1 N–H and O–H groups in total. The standard InChI is InChI=1S/C13H17NO/c1-3-6-9(2)12-10-7-4-5-8-11(10)14-13(12)15/h4-5,7-9,12H,3,6H2,1-2H3,(H,14,15). The molecule has 1 aliphatic rings. The highest BCUT2D eigenvalue weighted by Gasteiger charge is 2.33. The van der Waals surface area contributed by atoms with Gasteiger partial charge in [-0.25, -0.2) is 0 Å². The van der Waals surface area contributed by atoms with Crippen LogP contribution < -0.4 is 5.32 Å². The van der Waals surface area contributed by atoms with E-state index in [4.69, 9.17) is 0 Å². The highest BCUT2D eigenvalue weighted by atomic mass is 16.2. The Morgan fingerprint density at radius 3 is 2.87 bits per heavy atom. The number of hydrogen-bond donors (Lipinski definition) is 1. The molecule has 0 aliphatic carbocycles. The molecule has 2 unspecified atom stereocenters. The maximum Gasteiger partial charge on any atom is 0.232 e. The Balaban J connectivity index is 2.29. The largest absolute Gasteiger partial charge is 0.325 e. The minimum absolute atomic E-state index is 0.0566. The number of fused-ring (bicyclic) bond motifs is 1. The molecule has 15 heavy (non-hydrogen) atoms. The van der Waals surface area contributed by atoms with Gasteiger partial charge >= 0.3 is 0 Å². The minimum atomic E-state index is 0.0566. The van der Waals surface area contributed by atoms with Crippen LogP contribution in [0.3, 0.4) is 0 Å². The topological polar surface area (TPSA) is 29.1 Å². The molecule has 1 heterocycles. The van der Waals surface area contributed by atoms with Gasteiger partial charge < -0.3 is 5.32 Å². The summed E-state index contributed by atoms with van der Waals surface area (Å²) in [6.07, 6.45) is 2.24. The van der Waals surface area contributed by atoms with Crippen molar-refractivity contribution < 1.29 is 4.79 Å². The van der Waals surface area contributed by atoms with Gasteiger partial charge in [0.25, 0.3) is 0 Å². The summed E-state index contributed by atoms with van der Waals surface area (Å²) in [6.45, 7) is 4.32. The molecule has 1 aromatic rings. The number of carbonyl (C=O) groups excluding carboxylic acids is 1. The average molecular weight is 203 g/mol. The first-order chi connectivity index (χ1) is 7.24. The van der Waals surface area contributed by atoms with Gasteiger partial charge in [0, 0.05) is 5.69 Å². The van der Waals surface area contributed by atoms with E-state index in [0.29, 0.717) is 5.92 Å². The zero-order chi connectivity index (χ0) is 10.8. The molecule has 0 aromatic heterocycles. The van der Waals surface area contributed by atoms with Crippen molar-refractivity contribution in [1.82, 2.24) is 0 Å². The molecule has 0 saturated carbocycles. The fraction of sp³-hybridized carbons (Fsp3) is 0.462. The third-order valence-corrected chi connectivity index (χ3v) is 3.15. The lowest BCUT2D eigenvalue weighted by Crippen LogP contribution is -2.18. The van der Waals surface area contributed by atoms with Gasteiger partial charge in [-0.1, -0.05) is 38.5 Å². The van der Waals surface area contributed by atoms with Crippen molar-refractivity contribution in [2.75, 3.05) is 5.32 Å². The molecule has 0 spiro atoms. The van der Waals surface area contributed by atoms with Gasteiger partial charge in [0.05, 0.1) is 5.92 Å². The number of para-hydroxylation sites is 1. The number of anilines is 1. The molecular formula is C13H17NO. The SMILES string of the molecule is CCCC(C)C1C(=O)Nc2ccccc21. The quantitative estimate of drug-likeness (QED) is 0.803. The summed E-state index contributed by atoms with van der Waals surface area (Å²) in [4.78, 5) is 11.8. The van der Waals surface area contributed by atoms with E-state index in [1.807, 2.05) is 18.2 Å². The second-order valence-corrected chi connectivity index (χ2v) is 4.32. The van der Waals surface area contributed by atoms with Crippen LogP contribution in [0.25, 0.3) is 0 Å². The van der Waals surface area contributed by atoms with Gasteiger partial charge in [-0.3, -0.25) is 4.79 Å². The van der Waals surface area contributed by atoms with Crippen LogP contribution in [-0.2, 0) is 4.79 Å². The van der Waals surface area contributed by atoms with Crippen molar-refractivity contribution in [2.24, 2.45) is 5.92 Å². The van der Waals surface area contributed by atoms with Crippen molar-refractivity contribution in [3.05, 3.63) is 29.8 Å². The zero-order valence-corrected chi connectivity index (χ0v) is 9.29. The van der Waals surface area contributed by atoms with Crippen molar-refractivity contribution in [3.63, 3.8) is 0 Å². The first-order valence-corrected chi connectivity index (χ1v) is 5.63. The summed E-state index contributed by atoms with van der Waals surface area (Å²) < 4.78 is 0. The Hall–Kier alpha value is -1.31. The minimum Gasteiger partial charge on any atom is -0.325 e. The van der Waals surface area contributed by atoms with Gasteiger partial charge in [0.15, 0.2) is 0 Å². The second kappa shape index (κ2) is 4.05. The molecule has 2 atom stereocenters. The summed E-state index contributed by atoms with van der Waals surface area (Å²) in [6, 6.07) is 8.01. The fourth-order valence-electron chi connectivity index (χ4n) is 2.42. The van der Waals surface area contributed by atoms with Crippen molar-refractivity contribution in [3.8, 4) is 0 Å². The molecule has 1 aromatic carbocycles. The smallest absolute Gasteiger partial charge is 0.232 e. The summed E-state index contributed by atoms with van der Waals surface area (Å²) >= 11 is 0. The van der Waals surface area contributed by atoms with Crippen LogP contribution >= 0.6 is 0 Å². The van der Waals surface area contributed by atoms with E-state index in [1.165, 1.54) is 5.56 Å². The Morgan fingerprint density at radius 1 is 1.40 bits per heavy atom. The van der Waals surface area contributed by atoms with Crippen LogP contribution in [0.15, 0.2) is 24.3 Å². The monoisotopic (exact) mass is 203 g/mol. The third kappa shape index (κ3) is 1.76. The Morgan fingerprint density at radius 2 is 2.13 bits per heavy atom. The molecule has 0 saturated heterocycles. The van der Waals surface area contributed by atoms with E-state index in [1.54, 1.807) is 0 Å². The Bertz CT molecular complexity index is 373. The zero-order valence-electron chi connectivity index (χ0n) is 9.29. The summed E-state index contributed by atoms with van der Waals surface area (Å²) in [5.74, 6) is 0.650. The van der Waals surface area contributed by atoms with E-state index in [0.717, 1.165) is 18.5 Å². The van der Waals surface area contributed by atoms with Gasteiger partial charge in [0.1, 0.15) is 0 Å². The van der Waals surface area contributed by atoms with Crippen LogP contribution in [0.1, 0.15) is 38.2 Å². The molecule has 1 aliphatic heterocycles. The molecule has 2 nitrogen and oxygen atoms in total. The van der Waals surface area contributed by atoms with Crippen LogP contribution in [0.2, 0.25) is 0 Å². The van der Waals surface area contributed by atoms with Crippen LogP contribution in [0, 0.1) is 5.92 Å². The van der Waals surface area contributed by atoms with E-state index >= 15 is 0 Å². The molecule has 0 fully saturated rings. The van der Waals surface area contributed by atoms with Gasteiger partial charge in [-0.2, -0.15) is 0 Å². The lowest BCUT2D eigenvalue weighted by molar-refractivity contribution is -0.118. The molecular weight excluding hydrogens is 186 g/mol. The lowest BCUT2D eigenvalue weighted by Gasteiger charge is -2.16. The second-order valence-electron chi connectivity index (χ2n) is 4.32. The van der Waals surface area contributed by atoms with Gasteiger partial charge in [-0.15, -0.1) is 0 Å². The molecule has 0 radical (unpaired) electrons. The van der Waals surface area contributed by atoms with Crippen molar-refractivity contribution in [2.45, 2.75) is 32.6 Å². The highest BCUT2D eigenvalue weighted by molar-refractivity contribution is 6.03. The summed E-state index contributed by atoms with van der Waals surface area (Å²) in [5.41, 5.74) is 2.17. The highest BCUT2D eigenvalue weighted by Crippen LogP contribution is 2.38. The van der Waals surface area contributed by atoms with Gasteiger partial charge in [0.2, 0.25) is 5.91 Å². The van der Waals surface area contributed by atoms with Crippen LogP contribution in [0.4, 0.5) is 5.69 Å². The average Bonchev–Trinajstić information content (AvgIpc) is 2.54. The van der Waals surface area contributed by atoms with E-state index < -0.39 is 0 Å². The molecule has 2 rings (SSSR count). The predicted octanol–water partition coefficient (Wildman–Crippen LogP) is 3.16. The summed E-state index contributed by atoms with van der Waals surface area (Å²) in [7, 11) is 0. The number of amides is 1. The van der Waals surface area contributed by atoms with Crippen LogP contribution in [0.5, 0.6) is 0 Å². The first-order valence-electron chi connectivity index (χ1n) is 5.63. The number of carbonyl (C=O) groups is 1. The summed E-state index contributed by atoms with van der Waals surface area (Å²) in [5, 5.41) is 2.95. The fourth-order valence-corrected chi connectivity index (χ4v) is 2.42. The van der Waals surface area contributed by atoms with Crippen molar-refractivity contribution >= 4 is 11.6 Å². The number of hydrogen-bond acceptors (Lipinski definition) is 1. The van der Waals surface area contributed by atoms with Crippen molar-refractivity contribution in [1.29, 1.82) is 0 Å². The van der Waals surface area contributed by atoms with E-state index in [2.05, 4.69) is 25.2 Å². The maximum absolute atomic E-state index is 11.8. The van der Waals surface area contributed by atoms with Crippen LogP contribution in [-0.4, -0.2) is 5.91 Å². The number of benzene rings is 1. The third-order valence-electron chi connectivity index (χ3n) is 3.15. The number of nitrogens with one attached hydrogen (secondary N) is 1.